The molecule has 0 bridgehead atoms. The number of hydrogen-bond acceptors (Lipinski definition) is 4. The van der Waals surface area contributed by atoms with Crippen molar-refractivity contribution in [1.29, 1.82) is 0 Å². The fraction of sp³-hybridized carbons (Fsp3) is 0.571. The third-order valence-corrected chi connectivity index (χ3v) is 2.15. The number of rotatable bonds is 3. The van der Waals surface area contributed by atoms with Crippen molar-refractivity contribution in [3.05, 3.63) is 21.9 Å². The highest BCUT2D eigenvalue weighted by Gasteiger charge is 2.41. The van der Waals surface area contributed by atoms with Crippen LogP contribution in [0.4, 0.5) is 5.82 Å². The largest absolute Gasteiger partial charge is 0.389 e. The van der Waals surface area contributed by atoms with Crippen molar-refractivity contribution in [3.8, 4) is 0 Å². The average Bonchev–Trinajstić information content (AvgIpc) is 2.62. The van der Waals surface area contributed by atoms with Gasteiger partial charge in [-0.1, -0.05) is 5.10 Å². The molecule has 1 heterocycles. The molecule has 1 aliphatic rings. The Morgan fingerprint density at radius 1 is 1.77 bits per heavy atom. The van der Waals surface area contributed by atoms with Crippen LogP contribution in [0, 0.1) is 10.1 Å². The minimum atomic E-state index is -0.650. The number of H-pyrrole nitrogens is 1. The van der Waals surface area contributed by atoms with E-state index in [4.69, 9.17) is 0 Å². The van der Waals surface area contributed by atoms with Crippen LogP contribution in [0.25, 0.3) is 0 Å². The minimum absolute atomic E-state index is 0.126. The summed E-state index contributed by atoms with van der Waals surface area (Å²) in [5.74, 6) is -0.126. The Labute approximate surface area is 73.7 Å². The van der Waals surface area contributed by atoms with Crippen LogP contribution in [-0.4, -0.2) is 25.8 Å². The van der Waals surface area contributed by atoms with Crippen molar-refractivity contribution in [2.75, 3.05) is 0 Å². The van der Waals surface area contributed by atoms with Gasteiger partial charge in [-0.25, -0.2) is 0 Å². The molecule has 1 aromatic heterocycles. The summed E-state index contributed by atoms with van der Waals surface area (Å²) in [6.45, 7) is 0. The van der Waals surface area contributed by atoms with Crippen molar-refractivity contribution in [2.45, 2.75) is 24.9 Å². The third kappa shape index (κ3) is 1.67. The predicted molar refractivity (Wildman–Crippen MR) is 43.1 cm³/mol. The first-order valence-corrected chi connectivity index (χ1v) is 4.00. The van der Waals surface area contributed by atoms with Gasteiger partial charge >= 0.3 is 5.82 Å². The smallest absolute Gasteiger partial charge is 0.342 e. The number of aromatic amines is 1. The second-order valence-electron chi connectivity index (χ2n) is 3.40. The molecule has 0 aliphatic heterocycles. The molecule has 1 fully saturated rings. The van der Waals surface area contributed by atoms with Gasteiger partial charge in [-0.05, 0) is 17.8 Å². The number of nitro groups is 1. The Kier molecular flexibility index (Phi) is 1.59. The van der Waals surface area contributed by atoms with Crippen LogP contribution in [-0.2, 0) is 6.42 Å². The Bertz CT molecular complexity index is 343. The van der Waals surface area contributed by atoms with Crippen LogP contribution in [0.5, 0.6) is 0 Å². The second kappa shape index (κ2) is 2.53. The van der Waals surface area contributed by atoms with Gasteiger partial charge in [-0.3, -0.25) is 0 Å². The summed E-state index contributed by atoms with van der Waals surface area (Å²) >= 11 is 0. The van der Waals surface area contributed by atoms with Gasteiger partial charge < -0.3 is 15.2 Å². The van der Waals surface area contributed by atoms with Crippen LogP contribution >= 0.6 is 0 Å². The highest BCUT2D eigenvalue weighted by molar-refractivity contribution is 5.22. The molecule has 0 amide bonds. The molecule has 0 aromatic carbocycles. The highest BCUT2D eigenvalue weighted by atomic mass is 16.6. The van der Waals surface area contributed by atoms with E-state index < -0.39 is 10.5 Å². The Morgan fingerprint density at radius 2 is 2.46 bits per heavy atom. The van der Waals surface area contributed by atoms with E-state index in [9.17, 15) is 15.2 Å². The van der Waals surface area contributed by atoms with Gasteiger partial charge in [0, 0.05) is 6.42 Å². The lowest BCUT2D eigenvalue weighted by atomic mass is 10.2. The number of aliphatic hydroxyl groups is 1. The zero-order valence-electron chi connectivity index (χ0n) is 6.86. The van der Waals surface area contributed by atoms with Crippen LogP contribution in [0.2, 0.25) is 0 Å². The molecule has 70 valence electrons. The van der Waals surface area contributed by atoms with E-state index >= 15 is 0 Å². The molecule has 6 heteroatoms. The van der Waals surface area contributed by atoms with E-state index in [0.29, 0.717) is 12.1 Å². The van der Waals surface area contributed by atoms with E-state index in [0.717, 1.165) is 12.8 Å². The monoisotopic (exact) mass is 183 g/mol. The number of hydrogen-bond donors (Lipinski definition) is 2. The Hall–Kier alpha value is -1.43. The molecule has 1 saturated carbocycles. The van der Waals surface area contributed by atoms with E-state index in [1.807, 2.05) is 0 Å². The van der Waals surface area contributed by atoms with E-state index in [1.54, 1.807) is 0 Å². The number of aromatic nitrogens is 2. The maximum Gasteiger partial charge on any atom is 0.342 e. The van der Waals surface area contributed by atoms with Gasteiger partial charge in [0.2, 0.25) is 0 Å². The molecule has 1 aliphatic carbocycles. The van der Waals surface area contributed by atoms with Crippen molar-refractivity contribution < 1.29 is 10.0 Å². The first-order chi connectivity index (χ1) is 6.09. The molecule has 13 heavy (non-hydrogen) atoms. The molecule has 0 saturated heterocycles. The van der Waals surface area contributed by atoms with E-state index in [2.05, 4.69) is 10.2 Å². The fourth-order valence-electron chi connectivity index (χ4n) is 1.19. The zero-order valence-corrected chi connectivity index (χ0v) is 6.86. The van der Waals surface area contributed by atoms with Crippen molar-refractivity contribution in [2.24, 2.45) is 0 Å². The standard InChI is InChI=1S/C7H9N3O3/c11-7(1-2-7)4-5-3-6(9-8-5)10(12)13/h3,11H,1-2,4H2,(H,8,9). The first kappa shape index (κ1) is 8.18. The maximum absolute atomic E-state index is 10.3. The van der Waals surface area contributed by atoms with Crippen LogP contribution < -0.4 is 0 Å². The maximum atomic E-state index is 10.3. The zero-order chi connectivity index (χ0) is 9.47. The average molecular weight is 183 g/mol. The van der Waals surface area contributed by atoms with Gasteiger partial charge in [0.15, 0.2) is 0 Å². The third-order valence-electron chi connectivity index (χ3n) is 2.15. The summed E-state index contributed by atoms with van der Waals surface area (Å²) in [6.07, 6.45) is 1.92. The molecule has 6 nitrogen and oxygen atoms in total. The lowest BCUT2D eigenvalue weighted by molar-refractivity contribution is -0.389. The van der Waals surface area contributed by atoms with Gasteiger partial charge in [-0.2, -0.15) is 0 Å². The summed E-state index contributed by atoms with van der Waals surface area (Å²) < 4.78 is 0. The molecule has 0 spiro atoms. The van der Waals surface area contributed by atoms with Gasteiger partial charge in [-0.15, -0.1) is 5.10 Å². The first-order valence-electron chi connectivity index (χ1n) is 4.00. The topological polar surface area (TPSA) is 92.1 Å². The van der Waals surface area contributed by atoms with Crippen LogP contribution in [0.1, 0.15) is 18.5 Å². The summed E-state index contributed by atoms with van der Waals surface area (Å²) in [5, 5.41) is 25.8. The van der Waals surface area contributed by atoms with E-state index in [-0.39, 0.29) is 5.82 Å². The summed E-state index contributed by atoms with van der Waals surface area (Å²) in [5.41, 5.74) is -0.102. The summed E-state index contributed by atoms with van der Waals surface area (Å²) in [7, 11) is 0. The van der Waals surface area contributed by atoms with E-state index in [1.165, 1.54) is 6.07 Å². The van der Waals surface area contributed by atoms with Gasteiger partial charge in [0.25, 0.3) is 0 Å². The quantitative estimate of drug-likeness (QED) is 0.523. The molecule has 0 radical (unpaired) electrons. The normalized spacial score (nSPS) is 18.5. The minimum Gasteiger partial charge on any atom is -0.389 e. The van der Waals surface area contributed by atoms with Gasteiger partial charge in [0.1, 0.15) is 0 Å². The Balaban J connectivity index is 2.09. The highest BCUT2D eigenvalue weighted by Crippen LogP contribution is 2.38. The molecule has 2 N–H and O–H groups in total. The fourth-order valence-corrected chi connectivity index (χ4v) is 1.19. The molecule has 0 atom stereocenters. The predicted octanol–water partition coefficient (Wildman–Crippen LogP) is 0.385. The molecule has 0 unspecified atom stereocenters. The number of nitrogens with one attached hydrogen (secondary N) is 1. The van der Waals surface area contributed by atoms with Crippen molar-refractivity contribution >= 4 is 5.82 Å². The SMILES string of the molecule is O=[N+]([O-])c1cc(CC2(O)CC2)n[nH]1. The van der Waals surface area contributed by atoms with Gasteiger partial charge in [0.05, 0.1) is 17.4 Å². The number of nitrogens with zero attached hydrogens (tertiary/aromatic N) is 2. The lowest BCUT2D eigenvalue weighted by Gasteiger charge is -2.00. The lowest BCUT2D eigenvalue weighted by Crippen LogP contribution is -2.10. The summed E-state index contributed by atoms with van der Waals surface area (Å²) in [4.78, 5) is 9.73. The summed E-state index contributed by atoms with van der Waals surface area (Å²) in [6, 6.07) is 1.36. The Morgan fingerprint density at radius 3 is 2.92 bits per heavy atom. The molecule has 1 aromatic rings. The molecule has 2 rings (SSSR count). The van der Waals surface area contributed by atoms with Crippen molar-refractivity contribution in [3.63, 3.8) is 0 Å². The second-order valence-corrected chi connectivity index (χ2v) is 3.40. The van der Waals surface area contributed by atoms with Crippen molar-refractivity contribution in [1.82, 2.24) is 10.2 Å². The van der Waals surface area contributed by atoms with Crippen LogP contribution in [0.3, 0.4) is 0 Å². The molecular weight excluding hydrogens is 174 g/mol. The molecular formula is C7H9N3O3. The van der Waals surface area contributed by atoms with Crippen LogP contribution in [0.15, 0.2) is 6.07 Å².